The van der Waals surface area contributed by atoms with Gasteiger partial charge in [0, 0.05) is 38.2 Å². The lowest BCUT2D eigenvalue weighted by molar-refractivity contribution is -0.121. The minimum atomic E-state index is -0.357. The fourth-order valence-corrected chi connectivity index (χ4v) is 4.49. The van der Waals surface area contributed by atoms with Crippen LogP contribution in [0.5, 0.6) is 11.5 Å². The van der Waals surface area contributed by atoms with E-state index in [-0.39, 0.29) is 42.5 Å². The Bertz CT molecular complexity index is 1100. The van der Waals surface area contributed by atoms with E-state index in [1.54, 1.807) is 49.6 Å². The number of carbonyl (C=O) groups excluding carboxylic acids is 4. The molecule has 2 aromatic carbocycles. The summed E-state index contributed by atoms with van der Waals surface area (Å²) in [6.45, 7) is 1.75. The van der Waals surface area contributed by atoms with Crippen LogP contribution in [0.25, 0.3) is 0 Å². The summed E-state index contributed by atoms with van der Waals surface area (Å²) in [5.74, 6) is 0.362. The summed E-state index contributed by atoms with van der Waals surface area (Å²) in [4.78, 5) is 53.0. The topological polar surface area (TPSA) is 105 Å². The zero-order valence-electron chi connectivity index (χ0n) is 19.9. The summed E-state index contributed by atoms with van der Waals surface area (Å²) < 4.78 is 10.5. The molecule has 4 amide bonds. The normalized spacial score (nSPS) is 15.7. The van der Waals surface area contributed by atoms with Gasteiger partial charge in [-0.2, -0.15) is 0 Å². The van der Waals surface area contributed by atoms with Crippen molar-refractivity contribution < 1.29 is 28.7 Å². The van der Waals surface area contributed by atoms with Crippen LogP contribution in [-0.2, 0) is 4.79 Å². The maximum Gasteiger partial charge on any atom is 0.261 e. The lowest BCUT2D eigenvalue weighted by Gasteiger charge is -2.32. The summed E-state index contributed by atoms with van der Waals surface area (Å²) in [5, 5.41) is 2.91. The van der Waals surface area contributed by atoms with E-state index < -0.39 is 0 Å². The first-order chi connectivity index (χ1) is 16.9. The minimum absolute atomic E-state index is 0.0520. The van der Waals surface area contributed by atoms with Crippen molar-refractivity contribution in [3.8, 4) is 11.5 Å². The minimum Gasteiger partial charge on any atom is -0.493 e. The number of ether oxygens (including phenoxy) is 2. The lowest BCUT2D eigenvalue weighted by Crippen LogP contribution is -2.42. The Morgan fingerprint density at radius 3 is 2.17 bits per heavy atom. The van der Waals surface area contributed by atoms with E-state index in [1.165, 1.54) is 7.11 Å². The zero-order chi connectivity index (χ0) is 24.9. The number of likely N-dealkylation sites (tertiary alicyclic amines) is 1. The Morgan fingerprint density at radius 2 is 1.57 bits per heavy atom. The van der Waals surface area contributed by atoms with Gasteiger partial charge in [0.25, 0.3) is 17.7 Å². The fraction of sp³-hybridized carbons (Fsp3) is 0.385. The van der Waals surface area contributed by atoms with Crippen molar-refractivity contribution in [2.75, 3.05) is 40.4 Å². The Labute approximate surface area is 204 Å². The molecule has 184 valence electrons. The second-order valence-corrected chi connectivity index (χ2v) is 8.67. The highest BCUT2D eigenvalue weighted by Gasteiger charge is 2.35. The van der Waals surface area contributed by atoms with Crippen LogP contribution in [0.2, 0.25) is 0 Å². The number of hydrogen-bond acceptors (Lipinski definition) is 6. The molecular weight excluding hydrogens is 450 g/mol. The molecule has 0 radical (unpaired) electrons. The number of hydrogen-bond donors (Lipinski definition) is 1. The highest BCUT2D eigenvalue weighted by Crippen LogP contribution is 2.29. The molecule has 2 heterocycles. The van der Waals surface area contributed by atoms with Gasteiger partial charge in [-0.05, 0) is 49.1 Å². The molecule has 2 aliphatic heterocycles. The SMILES string of the molecule is COc1ccc(C(=O)N2CCC(CNC(=O)CCN3C(=O)c4ccccc4C3=O)CC2)cc1OC. The number of nitrogens with zero attached hydrogens (tertiary/aromatic N) is 2. The molecule has 9 nitrogen and oxygen atoms in total. The number of imide groups is 1. The first kappa shape index (κ1) is 24.3. The van der Waals surface area contributed by atoms with Crippen molar-refractivity contribution in [2.24, 2.45) is 5.92 Å². The van der Waals surface area contributed by atoms with Gasteiger partial charge >= 0.3 is 0 Å². The molecule has 0 bridgehead atoms. The maximum absolute atomic E-state index is 12.9. The maximum atomic E-state index is 12.9. The third kappa shape index (κ3) is 5.13. The number of nitrogens with one attached hydrogen (secondary N) is 1. The molecular formula is C26H29N3O6. The van der Waals surface area contributed by atoms with E-state index in [1.807, 2.05) is 4.90 Å². The molecule has 1 fully saturated rings. The van der Waals surface area contributed by atoms with Gasteiger partial charge in [-0.25, -0.2) is 0 Å². The number of fused-ring (bicyclic) bond motifs is 1. The van der Waals surface area contributed by atoms with Crippen LogP contribution in [0.1, 0.15) is 50.3 Å². The van der Waals surface area contributed by atoms with E-state index in [0.717, 1.165) is 17.7 Å². The highest BCUT2D eigenvalue weighted by atomic mass is 16.5. The molecule has 0 atom stereocenters. The summed E-state index contributed by atoms with van der Waals surface area (Å²) in [6, 6.07) is 11.8. The first-order valence-electron chi connectivity index (χ1n) is 11.7. The molecule has 35 heavy (non-hydrogen) atoms. The highest BCUT2D eigenvalue weighted by molar-refractivity contribution is 6.21. The molecule has 0 unspecified atom stereocenters. The Balaban J connectivity index is 1.21. The van der Waals surface area contributed by atoms with Crippen LogP contribution in [-0.4, -0.2) is 73.8 Å². The molecule has 0 spiro atoms. The first-order valence-corrected chi connectivity index (χ1v) is 11.7. The third-order valence-electron chi connectivity index (χ3n) is 6.56. The summed E-state index contributed by atoms with van der Waals surface area (Å²) >= 11 is 0. The van der Waals surface area contributed by atoms with Gasteiger partial charge < -0.3 is 19.7 Å². The van der Waals surface area contributed by atoms with Crippen LogP contribution in [0, 0.1) is 5.92 Å². The van der Waals surface area contributed by atoms with E-state index in [9.17, 15) is 19.2 Å². The summed E-state index contributed by atoms with van der Waals surface area (Å²) in [6.07, 6.45) is 1.61. The van der Waals surface area contributed by atoms with E-state index in [2.05, 4.69) is 5.32 Å². The number of methoxy groups -OCH3 is 2. The second-order valence-electron chi connectivity index (χ2n) is 8.67. The monoisotopic (exact) mass is 479 g/mol. The van der Waals surface area contributed by atoms with Gasteiger partial charge in [0.1, 0.15) is 0 Å². The van der Waals surface area contributed by atoms with Crippen LogP contribution in [0.3, 0.4) is 0 Å². The van der Waals surface area contributed by atoms with Gasteiger partial charge in [-0.3, -0.25) is 24.1 Å². The van der Waals surface area contributed by atoms with Crippen molar-refractivity contribution in [1.29, 1.82) is 0 Å². The standard InChI is InChI=1S/C26H29N3O6/c1-34-21-8-7-18(15-22(21)35-2)24(31)28-12-9-17(10-13-28)16-27-23(30)11-14-29-25(32)19-5-3-4-6-20(19)26(29)33/h3-8,15,17H,9-14,16H2,1-2H3,(H,27,30). The van der Waals surface area contributed by atoms with E-state index >= 15 is 0 Å². The average molecular weight is 480 g/mol. The smallest absolute Gasteiger partial charge is 0.261 e. The van der Waals surface area contributed by atoms with Gasteiger partial charge in [0.15, 0.2) is 11.5 Å². The number of benzene rings is 2. The van der Waals surface area contributed by atoms with Crippen LogP contribution < -0.4 is 14.8 Å². The van der Waals surface area contributed by atoms with Crippen molar-refractivity contribution in [2.45, 2.75) is 19.3 Å². The van der Waals surface area contributed by atoms with E-state index in [0.29, 0.717) is 47.8 Å². The lowest BCUT2D eigenvalue weighted by atomic mass is 9.96. The Kier molecular flexibility index (Phi) is 7.33. The number of amides is 4. The molecule has 1 N–H and O–H groups in total. The molecule has 9 heteroatoms. The summed E-state index contributed by atoms with van der Waals surface area (Å²) in [7, 11) is 3.08. The fourth-order valence-electron chi connectivity index (χ4n) is 4.49. The molecule has 0 aliphatic carbocycles. The zero-order valence-corrected chi connectivity index (χ0v) is 19.9. The Hall–Kier alpha value is -3.88. The summed E-state index contributed by atoms with van der Waals surface area (Å²) in [5.41, 5.74) is 1.31. The van der Waals surface area contributed by atoms with Crippen LogP contribution >= 0.6 is 0 Å². The molecule has 0 saturated carbocycles. The molecule has 0 aromatic heterocycles. The number of piperidine rings is 1. The van der Waals surface area contributed by atoms with Crippen molar-refractivity contribution >= 4 is 23.6 Å². The largest absolute Gasteiger partial charge is 0.493 e. The number of rotatable bonds is 8. The predicted octanol–water partition coefficient (Wildman–Crippen LogP) is 2.36. The molecule has 1 saturated heterocycles. The van der Waals surface area contributed by atoms with Gasteiger partial charge in [-0.1, -0.05) is 12.1 Å². The average Bonchev–Trinajstić information content (AvgIpc) is 3.14. The van der Waals surface area contributed by atoms with Crippen molar-refractivity contribution in [3.63, 3.8) is 0 Å². The molecule has 2 aromatic rings. The van der Waals surface area contributed by atoms with Crippen molar-refractivity contribution in [3.05, 3.63) is 59.2 Å². The van der Waals surface area contributed by atoms with Gasteiger partial charge in [0.2, 0.25) is 5.91 Å². The predicted molar refractivity (Wildman–Crippen MR) is 128 cm³/mol. The quantitative estimate of drug-likeness (QED) is 0.583. The second kappa shape index (κ2) is 10.6. The van der Waals surface area contributed by atoms with E-state index in [4.69, 9.17) is 9.47 Å². The Morgan fingerprint density at radius 1 is 0.943 bits per heavy atom. The molecule has 4 rings (SSSR count). The van der Waals surface area contributed by atoms with Crippen LogP contribution in [0.4, 0.5) is 0 Å². The van der Waals surface area contributed by atoms with Crippen molar-refractivity contribution in [1.82, 2.24) is 15.1 Å². The van der Waals surface area contributed by atoms with Gasteiger partial charge in [0.05, 0.1) is 25.3 Å². The third-order valence-corrected chi connectivity index (χ3v) is 6.56. The van der Waals surface area contributed by atoms with Gasteiger partial charge in [-0.15, -0.1) is 0 Å². The molecule has 2 aliphatic rings. The van der Waals surface area contributed by atoms with Crippen LogP contribution in [0.15, 0.2) is 42.5 Å². The number of carbonyl (C=O) groups is 4.